The minimum absolute atomic E-state index is 0.203. The zero-order valence-electron chi connectivity index (χ0n) is 16.2. The van der Waals surface area contributed by atoms with Gasteiger partial charge in [0, 0.05) is 32.0 Å². The maximum atomic E-state index is 13.2. The Hall–Kier alpha value is -1.96. The highest BCUT2D eigenvalue weighted by Crippen LogP contribution is 2.35. The van der Waals surface area contributed by atoms with Gasteiger partial charge in [-0.2, -0.15) is 4.31 Å². The summed E-state index contributed by atoms with van der Waals surface area (Å²) >= 11 is 0. The SMILES string of the molecule is COc1cccc(CN2C[C@@H]3CCN(Cc4cccnc4)CC[C@@H]3S2(=O)=O)c1. The molecule has 7 heteroatoms. The maximum Gasteiger partial charge on any atom is 0.217 e. The summed E-state index contributed by atoms with van der Waals surface area (Å²) < 4.78 is 33.3. The molecule has 1 aromatic heterocycles. The van der Waals surface area contributed by atoms with Gasteiger partial charge in [-0.15, -0.1) is 0 Å². The molecule has 2 fully saturated rings. The lowest BCUT2D eigenvalue weighted by atomic mass is 10.0. The van der Waals surface area contributed by atoms with E-state index in [2.05, 4.69) is 16.0 Å². The van der Waals surface area contributed by atoms with Crippen LogP contribution in [0.25, 0.3) is 0 Å². The molecule has 2 aliphatic rings. The van der Waals surface area contributed by atoms with Gasteiger partial charge >= 0.3 is 0 Å². The number of methoxy groups -OCH3 is 1. The molecule has 0 spiro atoms. The molecule has 28 heavy (non-hydrogen) atoms. The van der Waals surface area contributed by atoms with Gasteiger partial charge in [-0.05, 0) is 61.2 Å². The predicted molar refractivity (Wildman–Crippen MR) is 108 cm³/mol. The summed E-state index contributed by atoms with van der Waals surface area (Å²) in [5.41, 5.74) is 2.15. The van der Waals surface area contributed by atoms with Crippen LogP contribution in [-0.2, 0) is 23.1 Å². The van der Waals surface area contributed by atoms with Crippen LogP contribution in [0, 0.1) is 5.92 Å². The molecule has 0 bridgehead atoms. The average Bonchev–Trinajstić information content (AvgIpc) is 2.83. The Kier molecular flexibility index (Phi) is 5.66. The van der Waals surface area contributed by atoms with Gasteiger partial charge < -0.3 is 4.74 Å². The number of sulfonamides is 1. The van der Waals surface area contributed by atoms with Crippen molar-refractivity contribution in [2.75, 3.05) is 26.7 Å². The third-order valence-electron chi connectivity index (χ3n) is 5.87. The van der Waals surface area contributed by atoms with E-state index in [1.54, 1.807) is 17.6 Å². The first-order valence-electron chi connectivity index (χ1n) is 9.79. The molecule has 150 valence electrons. The quantitative estimate of drug-likeness (QED) is 0.770. The van der Waals surface area contributed by atoms with Crippen LogP contribution in [0.3, 0.4) is 0 Å². The standard InChI is InChI=1S/C21H27N3O3S/c1-27-20-6-2-4-17(12-20)15-24-16-19-7-10-23(11-8-21(19)28(24,25)26)14-18-5-3-9-22-13-18/h2-6,9,12-13,19,21H,7-8,10-11,14-16H2,1H3/t19-,21-/m0/s1. The summed E-state index contributed by atoms with van der Waals surface area (Å²) in [5, 5.41) is -0.267. The van der Waals surface area contributed by atoms with Crippen LogP contribution in [0.2, 0.25) is 0 Å². The highest BCUT2D eigenvalue weighted by molar-refractivity contribution is 7.90. The van der Waals surface area contributed by atoms with Crippen molar-refractivity contribution in [3.8, 4) is 5.75 Å². The number of benzene rings is 1. The van der Waals surface area contributed by atoms with Gasteiger partial charge in [-0.3, -0.25) is 9.88 Å². The third-order valence-corrected chi connectivity index (χ3v) is 8.26. The molecule has 6 nitrogen and oxygen atoms in total. The van der Waals surface area contributed by atoms with Crippen LogP contribution >= 0.6 is 0 Å². The predicted octanol–water partition coefficient (Wildman–Crippen LogP) is 2.52. The van der Waals surface area contributed by atoms with Crippen molar-refractivity contribution < 1.29 is 13.2 Å². The van der Waals surface area contributed by atoms with Crippen molar-refractivity contribution in [3.05, 3.63) is 59.9 Å². The maximum absolute atomic E-state index is 13.2. The molecule has 2 atom stereocenters. The van der Waals surface area contributed by atoms with Gasteiger partial charge in [0.1, 0.15) is 5.75 Å². The van der Waals surface area contributed by atoms with Gasteiger partial charge in [0.15, 0.2) is 0 Å². The second-order valence-electron chi connectivity index (χ2n) is 7.70. The van der Waals surface area contributed by atoms with E-state index in [4.69, 9.17) is 4.74 Å². The topological polar surface area (TPSA) is 62.7 Å². The lowest BCUT2D eigenvalue weighted by Crippen LogP contribution is -2.31. The Morgan fingerprint density at radius 2 is 1.93 bits per heavy atom. The van der Waals surface area contributed by atoms with E-state index < -0.39 is 10.0 Å². The van der Waals surface area contributed by atoms with Crippen molar-refractivity contribution in [2.24, 2.45) is 5.92 Å². The summed E-state index contributed by atoms with van der Waals surface area (Å²) in [6, 6.07) is 11.7. The zero-order valence-corrected chi connectivity index (χ0v) is 17.0. The lowest BCUT2D eigenvalue weighted by Gasteiger charge is -2.22. The second kappa shape index (κ2) is 8.19. The number of fused-ring (bicyclic) bond motifs is 1. The summed E-state index contributed by atoms with van der Waals surface area (Å²) in [7, 11) is -1.65. The fraction of sp³-hybridized carbons (Fsp3) is 0.476. The molecular weight excluding hydrogens is 374 g/mol. The molecule has 0 radical (unpaired) electrons. The monoisotopic (exact) mass is 401 g/mol. The lowest BCUT2D eigenvalue weighted by molar-refractivity contribution is 0.266. The largest absolute Gasteiger partial charge is 0.497 e. The molecule has 0 saturated carbocycles. The molecule has 1 aromatic carbocycles. The van der Waals surface area contributed by atoms with E-state index in [9.17, 15) is 8.42 Å². The highest BCUT2D eigenvalue weighted by atomic mass is 32.2. The van der Waals surface area contributed by atoms with Crippen LogP contribution in [0.15, 0.2) is 48.8 Å². The number of hydrogen-bond acceptors (Lipinski definition) is 5. The van der Waals surface area contributed by atoms with Crippen molar-refractivity contribution in [3.63, 3.8) is 0 Å². The van der Waals surface area contributed by atoms with E-state index in [-0.39, 0.29) is 11.2 Å². The van der Waals surface area contributed by atoms with Gasteiger partial charge in [0.2, 0.25) is 10.0 Å². The van der Waals surface area contributed by atoms with Gasteiger partial charge in [0.05, 0.1) is 12.4 Å². The van der Waals surface area contributed by atoms with E-state index in [0.717, 1.165) is 37.4 Å². The molecule has 0 N–H and O–H groups in total. The van der Waals surface area contributed by atoms with Crippen LogP contribution in [0.1, 0.15) is 24.0 Å². The Balaban J connectivity index is 1.42. The van der Waals surface area contributed by atoms with Crippen molar-refractivity contribution in [1.29, 1.82) is 0 Å². The van der Waals surface area contributed by atoms with Crippen molar-refractivity contribution >= 4 is 10.0 Å². The number of rotatable bonds is 5. The van der Waals surface area contributed by atoms with Gasteiger partial charge in [-0.1, -0.05) is 18.2 Å². The number of hydrogen-bond donors (Lipinski definition) is 0. The Labute approximate surface area is 167 Å². The van der Waals surface area contributed by atoms with E-state index in [1.807, 2.05) is 36.5 Å². The number of ether oxygens (including phenoxy) is 1. The second-order valence-corrected chi connectivity index (χ2v) is 9.85. The first kappa shape index (κ1) is 19.4. The smallest absolute Gasteiger partial charge is 0.217 e. The molecule has 0 unspecified atom stereocenters. The zero-order chi connectivity index (χ0) is 19.6. The number of likely N-dealkylation sites (tertiary alicyclic amines) is 1. The summed E-state index contributed by atoms with van der Waals surface area (Å²) in [5.74, 6) is 0.962. The van der Waals surface area contributed by atoms with E-state index in [0.29, 0.717) is 19.5 Å². The molecule has 3 heterocycles. The minimum atomic E-state index is -3.27. The Bertz CT molecular complexity index is 904. The minimum Gasteiger partial charge on any atom is -0.497 e. The number of pyridine rings is 1. The van der Waals surface area contributed by atoms with Gasteiger partial charge in [0.25, 0.3) is 0 Å². The Morgan fingerprint density at radius 3 is 2.71 bits per heavy atom. The van der Waals surface area contributed by atoms with Crippen molar-refractivity contribution in [1.82, 2.24) is 14.2 Å². The molecule has 2 saturated heterocycles. The highest BCUT2D eigenvalue weighted by Gasteiger charge is 2.46. The molecular formula is C21H27N3O3S. The van der Waals surface area contributed by atoms with Crippen LogP contribution in [0.4, 0.5) is 0 Å². The van der Waals surface area contributed by atoms with Crippen molar-refractivity contribution in [2.45, 2.75) is 31.2 Å². The molecule has 2 aliphatic heterocycles. The number of aromatic nitrogens is 1. The molecule has 4 rings (SSSR count). The Morgan fingerprint density at radius 1 is 1.11 bits per heavy atom. The van der Waals surface area contributed by atoms with Crippen LogP contribution < -0.4 is 4.74 Å². The molecule has 0 amide bonds. The molecule has 2 aromatic rings. The summed E-state index contributed by atoms with van der Waals surface area (Å²) in [6.07, 6.45) is 5.28. The van der Waals surface area contributed by atoms with E-state index >= 15 is 0 Å². The fourth-order valence-corrected chi connectivity index (χ4v) is 6.61. The first-order chi connectivity index (χ1) is 13.6. The summed E-state index contributed by atoms with van der Waals surface area (Å²) in [4.78, 5) is 6.54. The van der Waals surface area contributed by atoms with Crippen LogP contribution in [-0.4, -0.2) is 54.6 Å². The average molecular weight is 402 g/mol. The summed E-state index contributed by atoms with van der Waals surface area (Å²) in [6.45, 7) is 3.61. The fourth-order valence-electron chi connectivity index (χ4n) is 4.39. The van der Waals surface area contributed by atoms with Gasteiger partial charge in [-0.25, -0.2) is 8.42 Å². The molecule has 0 aliphatic carbocycles. The van der Waals surface area contributed by atoms with Crippen LogP contribution in [0.5, 0.6) is 5.75 Å². The van der Waals surface area contributed by atoms with E-state index in [1.165, 1.54) is 5.56 Å². The normalized spacial score (nSPS) is 25.2. The third kappa shape index (κ3) is 4.06. The first-order valence-corrected chi connectivity index (χ1v) is 11.3. The number of nitrogens with zero attached hydrogens (tertiary/aromatic N) is 3.